The SMILES string of the molecule is COC(=O)C1(C(=O)O)CCCCCCCCC1. The molecule has 17 heavy (non-hydrogen) atoms. The maximum Gasteiger partial charge on any atom is 0.323 e. The van der Waals surface area contributed by atoms with Crippen LogP contribution in [0, 0.1) is 5.41 Å². The summed E-state index contributed by atoms with van der Waals surface area (Å²) in [5, 5.41) is 9.37. The lowest BCUT2D eigenvalue weighted by atomic mass is 9.77. The van der Waals surface area contributed by atoms with Gasteiger partial charge in [0, 0.05) is 0 Å². The summed E-state index contributed by atoms with van der Waals surface area (Å²) in [6.45, 7) is 0. The molecular weight excluding hydrogens is 220 g/mol. The number of aliphatic carboxylic acids is 1. The first-order chi connectivity index (χ1) is 8.13. The van der Waals surface area contributed by atoms with Crippen molar-refractivity contribution in [1.29, 1.82) is 0 Å². The molecule has 0 bridgehead atoms. The molecule has 4 heteroatoms. The topological polar surface area (TPSA) is 63.6 Å². The third-order valence-corrected chi connectivity index (χ3v) is 3.69. The summed E-state index contributed by atoms with van der Waals surface area (Å²) in [7, 11) is 1.27. The smallest absolute Gasteiger partial charge is 0.323 e. The molecule has 4 nitrogen and oxygen atoms in total. The number of rotatable bonds is 2. The Bertz CT molecular complexity index is 263. The molecule has 0 atom stereocenters. The van der Waals surface area contributed by atoms with Crippen LogP contribution < -0.4 is 0 Å². The predicted molar refractivity (Wildman–Crippen MR) is 63.6 cm³/mol. The summed E-state index contributed by atoms with van der Waals surface area (Å²) in [6, 6.07) is 0. The average Bonchev–Trinajstić information content (AvgIpc) is 2.34. The van der Waals surface area contributed by atoms with E-state index in [2.05, 4.69) is 0 Å². The zero-order valence-corrected chi connectivity index (χ0v) is 10.5. The average molecular weight is 242 g/mol. The van der Waals surface area contributed by atoms with Crippen LogP contribution in [-0.4, -0.2) is 24.2 Å². The number of ether oxygens (including phenoxy) is 1. The van der Waals surface area contributed by atoms with Crippen molar-refractivity contribution in [2.24, 2.45) is 5.41 Å². The van der Waals surface area contributed by atoms with Crippen molar-refractivity contribution in [3.8, 4) is 0 Å². The molecule has 1 aliphatic carbocycles. The molecule has 0 spiro atoms. The predicted octanol–water partition coefficient (Wildman–Crippen LogP) is 2.75. The quantitative estimate of drug-likeness (QED) is 0.597. The second-order valence-corrected chi connectivity index (χ2v) is 4.85. The van der Waals surface area contributed by atoms with Gasteiger partial charge in [-0.15, -0.1) is 0 Å². The van der Waals surface area contributed by atoms with Gasteiger partial charge in [0.05, 0.1) is 7.11 Å². The van der Waals surface area contributed by atoms with Crippen LogP contribution in [0.2, 0.25) is 0 Å². The Morgan fingerprint density at radius 3 is 1.71 bits per heavy atom. The Hall–Kier alpha value is -1.06. The first-order valence-corrected chi connectivity index (χ1v) is 6.45. The number of carbonyl (C=O) groups excluding carboxylic acids is 1. The fraction of sp³-hybridized carbons (Fsp3) is 0.846. The molecule has 0 saturated heterocycles. The van der Waals surface area contributed by atoms with Gasteiger partial charge in [0.1, 0.15) is 0 Å². The van der Waals surface area contributed by atoms with Gasteiger partial charge in [-0.05, 0) is 12.8 Å². The van der Waals surface area contributed by atoms with Crippen molar-refractivity contribution in [2.45, 2.75) is 57.8 Å². The van der Waals surface area contributed by atoms with Crippen molar-refractivity contribution in [3.05, 3.63) is 0 Å². The zero-order chi connectivity index (χ0) is 12.7. The second-order valence-electron chi connectivity index (χ2n) is 4.85. The Morgan fingerprint density at radius 2 is 1.35 bits per heavy atom. The number of carboxylic acid groups (broad SMARTS) is 1. The van der Waals surface area contributed by atoms with E-state index in [1.54, 1.807) is 0 Å². The maximum atomic E-state index is 11.8. The lowest BCUT2D eigenvalue weighted by Gasteiger charge is -2.27. The molecule has 0 amide bonds. The van der Waals surface area contributed by atoms with Crippen LogP contribution in [0.4, 0.5) is 0 Å². The minimum atomic E-state index is -1.30. The van der Waals surface area contributed by atoms with Gasteiger partial charge in [0.15, 0.2) is 5.41 Å². The largest absolute Gasteiger partial charge is 0.480 e. The highest BCUT2D eigenvalue weighted by atomic mass is 16.5. The molecule has 1 N–H and O–H groups in total. The van der Waals surface area contributed by atoms with E-state index < -0.39 is 17.4 Å². The fourth-order valence-corrected chi connectivity index (χ4v) is 2.56. The Balaban J connectivity index is 2.81. The molecule has 1 fully saturated rings. The lowest BCUT2D eigenvalue weighted by Crippen LogP contribution is -2.40. The van der Waals surface area contributed by atoms with Crippen LogP contribution in [0.1, 0.15) is 57.8 Å². The monoisotopic (exact) mass is 242 g/mol. The lowest BCUT2D eigenvalue weighted by molar-refractivity contribution is -0.168. The molecule has 0 radical (unpaired) electrons. The van der Waals surface area contributed by atoms with Crippen LogP contribution >= 0.6 is 0 Å². The van der Waals surface area contributed by atoms with E-state index in [-0.39, 0.29) is 0 Å². The van der Waals surface area contributed by atoms with Crippen LogP contribution in [-0.2, 0) is 14.3 Å². The van der Waals surface area contributed by atoms with Crippen molar-refractivity contribution in [1.82, 2.24) is 0 Å². The van der Waals surface area contributed by atoms with Crippen LogP contribution in [0.25, 0.3) is 0 Å². The summed E-state index contributed by atoms with van der Waals surface area (Å²) in [5.41, 5.74) is -1.30. The number of carboxylic acids is 1. The fourth-order valence-electron chi connectivity index (χ4n) is 2.56. The highest BCUT2D eigenvalue weighted by Crippen LogP contribution is 2.34. The number of hydrogen-bond donors (Lipinski definition) is 1. The van der Waals surface area contributed by atoms with Gasteiger partial charge in [0.25, 0.3) is 0 Å². The van der Waals surface area contributed by atoms with Crippen molar-refractivity contribution < 1.29 is 19.4 Å². The van der Waals surface area contributed by atoms with E-state index in [1.165, 1.54) is 13.5 Å². The van der Waals surface area contributed by atoms with E-state index in [0.29, 0.717) is 12.8 Å². The molecule has 0 heterocycles. The van der Waals surface area contributed by atoms with E-state index in [4.69, 9.17) is 4.74 Å². The van der Waals surface area contributed by atoms with Gasteiger partial charge >= 0.3 is 11.9 Å². The molecule has 0 aliphatic heterocycles. The Kier molecular flexibility index (Phi) is 5.45. The summed E-state index contributed by atoms with van der Waals surface area (Å²) < 4.78 is 4.70. The number of methoxy groups -OCH3 is 1. The van der Waals surface area contributed by atoms with Gasteiger partial charge in [-0.2, -0.15) is 0 Å². The molecule has 0 aromatic carbocycles. The molecular formula is C13H22O4. The molecule has 0 aromatic heterocycles. The molecule has 98 valence electrons. The van der Waals surface area contributed by atoms with Crippen molar-refractivity contribution in [3.63, 3.8) is 0 Å². The third kappa shape index (κ3) is 3.45. The number of esters is 1. The highest BCUT2D eigenvalue weighted by molar-refractivity contribution is 5.99. The van der Waals surface area contributed by atoms with Gasteiger partial charge in [0.2, 0.25) is 0 Å². The summed E-state index contributed by atoms with van der Waals surface area (Å²) in [5.74, 6) is -1.60. The second kappa shape index (κ2) is 6.62. The van der Waals surface area contributed by atoms with Gasteiger partial charge in [-0.3, -0.25) is 9.59 Å². The van der Waals surface area contributed by atoms with Crippen molar-refractivity contribution in [2.75, 3.05) is 7.11 Å². The minimum absolute atomic E-state index is 0.412. The third-order valence-electron chi connectivity index (χ3n) is 3.69. The molecule has 0 aromatic rings. The zero-order valence-electron chi connectivity index (χ0n) is 10.5. The number of carbonyl (C=O) groups is 2. The highest BCUT2D eigenvalue weighted by Gasteiger charge is 2.46. The van der Waals surface area contributed by atoms with E-state index >= 15 is 0 Å². The minimum Gasteiger partial charge on any atom is -0.480 e. The Labute approximate surface area is 102 Å². The van der Waals surface area contributed by atoms with Crippen LogP contribution in [0.5, 0.6) is 0 Å². The van der Waals surface area contributed by atoms with E-state index in [1.807, 2.05) is 0 Å². The first kappa shape index (κ1) is 14.0. The van der Waals surface area contributed by atoms with E-state index in [9.17, 15) is 14.7 Å². The maximum absolute atomic E-state index is 11.8. The van der Waals surface area contributed by atoms with Gasteiger partial charge in [-0.1, -0.05) is 44.9 Å². The normalized spacial score (nSPS) is 21.5. The van der Waals surface area contributed by atoms with E-state index in [0.717, 1.165) is 38.5 Å². The molecule has 0 unspecified atom stereocenters. The molecule has 1 saturated carbocycles. The Morgan fingerprint density at radius 1 is 0.941 bits per heavy atom. The number of hydrogen-bond acceptors (Lipinski definition) is 3. The van der Waals surface area contributed by atoms with Crippen LogP contribution in [0.15, 0.2) is 0 Å². The standard InChI is InChI=1S/C13H22O4/c1-17-12(16)13(11(14)15)9-7-5-3-2-4-6-8-10-13/h2-10H2,1H3,(H,14,15). The van der Waals surface area contributed by atoms with Crippen LogP contribution in [0.3, 0.4) is 0 Å². The summed E-state index contributed by atoms with van der Waals surface area (Å²) in [6.07, 6.45) is 7.91. The molecule has 1 rings (SSSR count). The first-order valence-electron chi connectivity index (χ1n) is 6.45. The van der Waals surface area contributed by atoms with Gasteiger partial charge < -0.3 is 9.84 Å². The summed E-state index contributed by atoms with van der Waals surface area (Å²) >= 11 is 0. The summed E-state index contributed by atoms with van der Waals surface area (Å²) in [4.78, 5) is 23.2. The van der Waals surface area contributed by atoms with Crippen molar-refractivity contribution >= 4 is 11.9 Å². The van der Waals surface area contributed by atoms with Gasteiger partial charge in [-0.25, -0.2) is 0 Å². The molecule has 1 aliphatic rings.